The minimum atomic E-state index is -0.640. The van der Waals surface area contributed by atoms with E-state index in [0.29, 0.717) is 82.6 Å². The van der Waals surface area contributed by atoms with Gasteiger partial charge in [-0.25, -0.2) is 9.97 Å². The molecule has 3 aliphatic heterocycles. The highest BCUT2D eigenvalue weighted by atomic mass is 16.6. The number of hydrogen-bond donors (Lipinski definition) is 2. The lowest BCUT2D eigenvalue weighted by Crippen LogP contribution is -2.57. The fourth-order valence-corrected chi connectivity index (χ4v) is 8.00. The number of aromatic amines is 1. The minimum Gasteiger partial charge on any atom is -0.491 e. The van der Waals surface area contributed by atoms with Gasteiger partial charge in [0.05, 0.1) is 50.9 Å². The Morgan fingerprint density at radius 3 is 2.31 bits per heavy atom. The molecule has 16 nitrogen and oxygen atoms in total. The maximum absolute atomic E-state index is 13.0. The first-order valence-electron chi connectivity index (χ1n) is 20.3. The predicted molar refractivity (Wildman–Crippen MR) is 214 cm³/mol. The van der Waals surface area contributed by atoms with Crippen molar-refractivity contribution in [2.24, 2.45) is 0 Å². The lowest BCUT2D eigenvalue weighted by molar-refractivity contribution is -0.136. The van der Waals surface area contributed by atoms with E-state index < -0.39 is 11.9 Å². The molecule has 3 amide bonds. The second-order valence-corrected chi connectivity index (χ2v) is 15.8. The molecule has 58 heavy (non-hydrogen) atoms. The number of aromatic nitrogens is 4. The van der Waals surface area contributed by atoms with Crippen LogP contribution in [0, 0.1) is 0 Å². The topological polar surface area (TPSA) is 174 Å². The smallest absolute Gasteiger partial charge is 0.255 e. The van der Waals surface area contributed by atoms with Crippen molar-refractivity contribution in [1.82, 2.24) is 35.3 Å². The monoisotopic (exact) mass is 796 g/mol. The van der Waals surface area contributed by atoms with E-state index in [2.05, 4.69) is 62.1 Å². The van der Waals surface area contributed by atoms with Crippen LogP contribution >= 0.6 is 0 Å². The van der Waals surface area contributed by atoms with Gasteiger partial charge in [0.2, 0.25) is 11.8 Å². The fourth-order valence-electron chi connectivity index (χ4n) is 8.00. The van der Waals surface area contributed by atoms with E-state index in [1.54, 1.807) is 12.4 Å². The summed E-state index contributed by atoms with van der Waals surface area (Å²) >= 11 is 0. The molecule has 5 heterocycles. The van der Waals surface area contributed by atoms with E-state index in [-0.39, 0.29) is 23.8 Å². The highest BCUT2D eigenvalue weighted by Crippen LogP contribution is 2.41. The summed E-state index contributed by atoms with van der Waals surface area (Å²) in [7, 11) is 0. The predicted octanol–water partition coefficient (Wildman–Crippen LogP) is 3.74. The number of piperazine rings is 1. The normalized spacial score (nSPS) is 21.7. The molecule has 4 aliphatic rings. The standard InChI is InChI=1S/C42H52N8O8/c1-27-23-48(37-22-35(43-26-44-37)39-33-21-31(58-42(3)10-11-42)6-7-34(33)46-47-39)24-28(2)49(27)12-13-54-14-15-55-16-17-56-18-19-57-30-5-4-29-25-50(41(53)32(29)20-30)36-8-9-38(51)45-40(36)52/h4-7,20-22,26-28,36H,8-19,23-25H2,1-3H3,(H,46,47)(H,45,51,52)/t27-,28+,36?. The highest BCUT2D eigenvalue weighted by Gasteiger charge is 2.41. The fraction of sp³-hybridized carbons (Fsp3) is 0.524. The largest absolute Gasteiger partial charge is 0.491 e. The van der Waals surface area contributed by atoms with Gasteiger partial charge in [-0.15, -0.1) is 0 Å². The second-order valence-electron chi connectivity index (χ2n) is 15.8. The Kier molecular flexibility index (Phi) is 11.9. The number of imide groups is 1. The van der Waals surface area contributed by atoms with Crippen molar-refractivity contribution in [3.63, 3.8) is 0 Å². The average Bonchev–Trinajstić information content (AvgIpc) is 3.64. The zero-order chi connectivity index (χ0) is 40.2. The average molecular weight is 797 g/mol. The Hall–Kier alpha value is -5.16. The Labute approximate surface area is 337 Å². The number of nitrogens with zero attached hydrogens (tertiary/aromatic N) is 6. The van der Waals surface area contributed by atoms with Crippen LogP contribution in [0.5, 0.6) is 11.5 Å². The number of hydrogen-bond acceptors (Lipinski definition) is 13. The quantitative estimate of drug-likeness (QED) is 0.110. The highest BCUT2D eigenvalue weighted by molar-refractivity contribution is 6.05. The lowest BCUT2D eigenvalue weighted by atomic mass is 10.0. The molecule has 4 aromatic rings. The van der Waals surface area contributed by atoms with Crippen molar-refractivity contribution >= 4 is 34.4 Å². The third kappa shape index (κ3) is 9.09. The maximum atomic E-state index is 13.0. The molecule has 16 heteroatoms. The molecule has 1 aliphatic carbocycles. The van der Waals surface area contributed by atoms with Crippen LogP contribution in [-0.4, -0.2) is 137 Å². The Balaban J connectivity index is 0.693. The van der Waals surface area contributed by atoms with Crippen LogP contribution in [-0.2, 0) is 30.3 Å². The van der Waals surface area contributed by atoms with E-state index in [1.165, 1.54) is 4.90 Å². The Morgan fingerprint density at radius 2 is 1.57 bits per heavy atom. The summed E-state index contributed by atoms with van der Waals surface area (Å²) < 4.78 is 29.3. The molecule has 2 aromatic heterocycles. The number of carbonyl (C=O) groups excluding carboxylic acids is 3. The number of rotatable bonds is 18. The van der Waals surface area contributed by atoms with Crippen molar-refractivity contribution in [1.29, 1.82) is 0 Å². The van der Waals surface area contributed by atoms with Gasteiger partial charge in [0.1, 0.15) is 47.6 Å². The molecule has 2 aromatic carbocycles. The summed E-state index contributed by atoms with van der Waals surface area (Å²) in [5.41, 5.74) is 3.80. The first-order chi connectivity index (χ1) is 28.1. The summed E-state index contributed by atoms with van der Waals surface area (Å²) in [6.45, 7) is 12.6. The van der Waals surface area contributed by atoms with Crippen LogP contribution < -0.4 is 19.7 Å². The molecule has 1 saturated carbocycles. The first-order valence-corrected chi connectivity index (χ1v) is 20.3. The number of fused-ring (bicyclic) bond motifs is 2. The molecule has 0 radical (unpaired) electrons. The lowest BCUT2D eigenvalue weighted by Gasteiger charge is -2.44. The van der Waals surface area contributed by atoms with Gasteiger partial charge in [-0.05, 0) is 75.9 Å². The van der Waals surface area contributed by atoms with Gasteiger partial charge in [-0.3, -0.25) is 29.7 Å². The van der Waals surface area contributed by atoms with Crippen molar-refractivity contribution < 1.29 is 38.1 Å². The van der Waals surface area contributed by atoms with Gasteiger partial charge in [-0.2, -0.15) is 5.10 Å². The van der Waals surface area contributed by atoms with Crippen LogP contribution in [0.4, 0.5) is 5.82 Å². The van der Waals surface area contributed by atoms with Crippen molar-refractivity contribution in [2.45, 2.75) is 76.7 Å². The number of amides is 3. The summed E-state index contributed by atoms with van der Waals surface area (Å²) in [6, 6.07) is 13.4. The zero-order valence-corrected chi connectivity index (χ0v) is 33.4. The summed E-state index contributed by atoms with van der Waals surface area (Å²) in [5.74, 6) is 1.34. The summed E-state index contributed by atoms with van der Waals surface area (Å²) in [5, 5.41) is 11.1. The molecule has 0 bridgehead atoms. The van der Waals surface area contributed by atoms with Gasteiger partial charge in [-0.1, -0.05) is 6.07 Å². The molecule has 8 rings (SSSR count). The van der Waals surface area contributed by atoms with Crippen molar-refractivity contribution in [3.05, 3.63) is 59.9 Å². The number of ether oxygens (including phenoxy) is 5. The molecule has 2 N–H and O–H groups in total. The SMILES string of the molecule is C[C@@H]1CN(c2cc(-c3n[nH]c4ccc(OC5(C)CC5)cc34)ncn2)C[C@H](C)N1CCOCCOCCOCCOc1ccc2c(c1)C(=O)N(C1CCC(=O)NC1=O)C2. The molecule has 3 fully saturated rings. The number of anilines is 1. The van der Waals surface area contributed by atoms with Gasteiger partial charge < -0.3 is 33.5 Å². The van der Waals surface area contributed by atoms with E-state index in [9.17, 15) is 14.4 Å². The Morgan fingerprint density at radius 1 is 0.845 bits per heavy atom. The number of benzene rings is 2. The van der Waals surface area contributed by atoms with Gasteiger partial charge in [0, 0.05) is 61.7 Å². The molecular formula is C42H52N8O8. The van der Waals surface area contributed by atoms with Gasteiger partial charge in [0.25, 0.3) is 5.91 Å². The van der Waals surface area contributed by atoms with Crippen LogP contribution in [0.15, 0.2) is 48.8 Å². The van der Waals surface area contributed by atoms with Crippen molar-refractivity contribution in [2.75, 3.05) is 70.8 Å². The minimum absolute atomic E-state index is 0.0562. The molecule has 308 valence electrons. The zero-order valence-electron chi connectivity index (χ0n) is 33.4. The van der Waals surface area contributed by atoms with Crippen LogP contribution in [0.1, 0.15) is 62.4 Å². The molecule has 3 atom stereocenters. The van der Waals surface area contributed by atoms with E-state index in [0.717, 1.165) is 71.9 Å². The third-order valence-electron chi connectivity index (χ3n) is 11.4. The molecule has 1 unspecified atom stereocenters. The molecule has 2 saturated heterocycles. The van der Waals surface area contributed by atoms with E-state index >= 15 is 0 Å². The molecular weight excluding hydrogens is 745 g/mol. The van der Waals surface area contributed by atoms with Crippen molar-refractivity contribution in [3.8, 4) is 22.9 Å². The summed E-state index contributed by atoms with van der Waals surface area (Å²) in [4.78, 5) is 52.4. The van der Waals surface area contributed by atoms with Gasteiger partial charge in [0.15, 0.2) is 0 Å². The van der Waals surface area contributed by atoms with Crippen LogP contribution in [0.2, 0.25) is 0 Å². The number of H-pyrrole nitrogens is 1. The summed E-state index contributed by atoms with van der Waals surface area (Å²) in [6.07, 6.45) is 4.33. The first kappa shape index (κ1) is 39.7. The van der Waals surface area contributed by atoms with Crippen LogP contribution in [0.25, 0.3) is 22.3 Å². The maximum Gasteiger partial charge on any atom is 0.255 e. The van der Waals surface area contributed by atoms with E-state index in [1.807, 2.05) is 30.3 Å². The second kappa shape index (κ2) is 17.4. The number of nitrogens with one attached hydrogen (secondary N) is 2. The van der Waals surface area contributed by atoms with Gasteiger partial charge >= 0.3 is 0 Å². The Bertz CT molecular complexity index is 2110. The number of piperidine rings is 1. The van der Waals surface area contributed by atoms with Crippen LogP contribution in [0.3, 0.4) is 0 Å². The third-order valence-corrected chi connectivity index (χ3v) is 11.4. The number of carbonyl (C=O) groups is 3. The van der Waals surface area contributed by atoms with E-state index in [4.69, 9.17) is 23.7 Å². The molecule has 0 spiro atoms.